The maximum Gasteiger partial charge on any atom is 0.222 e. The molecule has 0 spiro atoms. The van der Waals surface area contributed by atoms with Gasteiger partial charge in [-0.25, -0.2) is 4.99 Å². The molecule has 4 bridgehead atoms. The maximum absolute atomic E-state index is 9.76. The molecule has 1 N–H and O–H groups in total. The number of benzene rings is 1. The molecule has 1 aliphatic heterocycles. The Labute approximate surface area is 143 Å². The van der Waals surface area contributed by atoms with Crippen LogP contribution in [0.1, 0.15) is 51.5 Å². The minimum absolute atomic E-state index is 0.257. The molecule has 24 heavy (non-hydrogen) atoms. The Balaban J connectivity index is 1.59. The van der Waals surface area contributed by atoms with Crippen LogP contribution in [0.4, 0.5) is 0 Å². The third-order valence-electron chi connectivity index (χ3n) is 6.52. The Kier molecular flexibility index (Phi) is 2.96. The van der Waals surface area contributed by atoms with Crippen LogP contribution in [0.2, 0.25) is 0 Å². The van der Waals surface area contributed by atoms with E-state index in [1.54, 1.807) is 17.7 Å². The Morgan fingerprint density at radius 2 is 1.71 bits per heavy atom. The topological polar surface area (TPSA) is 41.8 Å². The van der Waals surface area contributed by atoms with Gasteiger partial charge in [0.25, 0.3) is 0 Å². The van der Waals surface area contributed by atoms with Gasteiger partial charge < -0.3 is 9.84 Å². The maximum atomic E-state index is 9.76. The Hall–Kier alpha value is -1.77. The standard InChI is InChI=1S/C21H25NO2/c1-21(2)19(22-20(24-21)14-4-3-5-17(23)11-14)18-15-7-12-6-13(9-15)10-16(18)8-12/h3-5,11-13,15-16,23H,6-10H2,1-2H3. The van der Waals surface area contributed by atoms with Gasteiger partial charge in [-0.15, -0.1) is 0 Å². The van der Waals surface area contributed by atoms with Crippen LogP contribution in [0.5, 0.6) is 5.75 Å². The molecule has 0 atom stereocenters. The van der Waals surface area contributed by atoms with E-state index in [2.05, 4.69) is 13.8 Å². The molecule has 4 saturated carbocycles. The molecule has 1 heterocycles. The first-order valence-electron chi connectivity index (χ1n) is 9.31. The number of rotatable bonds is 1. The molecule has 3 heteroatoms. The highest BCUT2D eigenvalue weighted by atomic mass is 16.5. The number of allylic oxidation sites excluding steroid dienone is 1. The molecule has 1 aromatic rings. The van der Waals surface area contributed by atoms with Crippen LogP contribution in [0.3, 0.4) is 0 Å². The summed E-state index contributed by atoms with van der Waals surface area (Å²) in [5.41, 5.74) is 3.27. The van der Waals surface area contributed by atoms with Crippen molar-refractivity contribution in [2.75, 3.05) is 0 Å². The van der Waals surface area contributed by atoms with Crippen molar-refractivity contribution in [3.05, 3.63) is 41.1 Å². The zero-order chi connectivity index (χ0) is 16.5. The van der Waals surface area contributed by atoms with Crippen LogP contribution in [0.25, 0.3) is 0 Å². The molecule has 4 fully saturated rings. The molecule has 6 rings (SSSR count). The summed E-state index contributed by atoms with van der Waals surface area (Å²) in [6.45, 7) is 4.28. The molecule has 5 aliphatic rings. The van der Waals surface area contributed by atoms with Crippen molar-refractivity contribution >= 4 is 5.90 Å². The van der Waals surface area contributed by atoms with E-state index < -0.39 is 0 Å². The predicted molar refractivity (Wildman–Crippen MR) is 93.9 cm³/mol. The summed E-state index contributed by atoms with van der Waals surface area (Å²) in [4.78, 5) is 4.96. The van der Waals surface area contributed by atoms with E-state index in [0.29, 0.717) is 5.90 Å². The number of aromatic hydroxyl groups is 1. The normalized spacial score (nSPS) is 36.0. The van der Waals surface area contributed by atoms with E-state index in [1.807, 2.05) is 12.1 Å². The lowest BCUT2D eigenvalue weighted by Crippen LogP contribution is -2.42. The van der Waals surface area contributed by atoms with Gasteiger partial charge in [0.2, 0.25) is 5.90 Å². The molecule has 0 saturated heterocycles. The second-order valence-electron chi connectivity index (χ2n) is 8.69. The molecular weight excluding hydrogens is 298 g/mol. The summed E-state index contributed by atoms with van der Waals surface area (Å²) in [6.07, 6.45) is 6.91. The fourth-order valence-corrected chi connectivity index (χ4v) is 5.80. The van der Waals surface area contributed by atoms with Gasteiger partial charge in [-0.1, -0.05) is 6.07 Å². The lowest BCUT2D eigenvalue weighted by atomic mass is 9.53. The Bertz CT molecular complexity index is 729. The fourth-order valence-electron chi connectivity index (χ4n) is 5.80. The number of phenols is 1. The zero-order valence-corrected chi connectivity index (χ0v) is 14.5. The van der Waals surface area contributed by atoms with Gasteiger partial charge in [0.1, 0.15) is 11.4 Å². The van der Waals surface area contributed by atoms with Gasteiger partial charge >= 0.3 is 0 Å². The van der Waals surface area contributed by atoms with E-state index in [1.165, 1.54) is 37.8 Å². The van der Waals surface area contributed by atoms with Crippen LogP contribution in [-0.4, -0.2) is 16.6 Å². The predicted octanol–water partition coefficient (Wildman–Crippen LogP) is 4.66. The summed E-state index contributed by atoms with van der Waals surface area (Å²) in [7, 11) is 0. The number of aliphatic imine (C=N–C) groups is 1. The SMILES string of the molecule is CC1(C)OC(c2cccc(O)c2)=NC1=C1C2CC3CC(C2)CC1C3. The van der Waals surface area contributed by atoms with Gasteiger partial charge in [-0.2, -0.15) is 0 Å². The first-order chi connectivity index (χ1) is 11.5. The number of hydrogen-bond donors (Lipinski definition) is 1. The van der Waals surface area contributed by atoms with Crippen LogP contribution in [0, 0.1) is 23.7 Å². The molecule has 3 nitrogen and oxygen atoms in total. The summed E-state index contributed by atoms with van der Waals surface area (Å²) in [5, 5.41) is 9.76. The first-order valence-corrected chi connectivity index (χ1v) is 9.31. The van der Waals surface area contributed by atoms with E-state index in [4.69, 9.17) is 9.73 Å². The van der Waals surface area contributed by atoms with E-state index in [9.17, 15) is 5.11 Å². The third-order valence-corrected chi connectivity index (χ3v) is 6.52. The molecule has 0 radical (unpaired) electrons. The van der Waals surface area contributed by atoms with Crippen LogP contribution >= 0.6 is 0 Å². The molecule has 0 unspecified atom stereocenters. The van der Waals surface area contributed by atoms with Gasteiger partial charge in [0.15, 0.2) is 0 Å². The molecule has 126 valence electrons. The average Bonchev–Trinajstić information content (AvgIpc) is 2.82. The molecule has 0 aromatic heterocycles. The third kappa shape index (κ3) is 2.13. The summed E-state index contributed by atoms with van der Waals surface area (Å²) in [5.74, 6) is 4.28. The molecular formula is C21H25NO2. The highest BCUT2D eigenvalue weighted by Crippen LogP contribution is 2.58. The van der Waals surface area contributed by atoms with Gasteiger partial charge in [-0.3, -0.25) is 0 Å². The van der Waals surface area contributed by atoms with Gasteiger partial charge in [0, 0.05) is 5.56 Å². The highest BCUT2D eigenvalue weighted by Gasteiger charge is 2.49. The van der Waals surface area contributed by atoms with Crippen LogP contribution in [0.15, 0.2) is 40.5 Å². The van der Waals surface area contributed by atoms with E-state index in [0.717, 1.165) is 29.2 Å². The minimum Gasteiger partial charge on any atom is -0.508 e. The average molecular weight is 323 g/mol. The smallest absolute Gasteiger partial charge is 0.222 e. The quantitative estimate of drug-likeness (QED) is 0.817. The monoisotopic (exact) mass is 323 g/mol. The van der Waals surface area contributed by atoms with Crippen molar-refractivity contribution < 1.29 is 9.84 Å². The fraction of sp³-hybridized carbons (Fsp3) is 0.571. The summed E-state index contributed by atoms with van der Waals surface area (Å²) in [6, 6.07) is 7.22. The lowest BCUT2D eigenvalue weighted by Gasteiger charge is -2.52. The van der Waals surface area contributed by atoms with Crippen molar-refractivity contribution in [1.82, 2.24) is 0 Å². The number of ether oxygens (including phenoxy) is 1. The summed E-state index contributed by atoms with van der Waals surface area (Å²) >= 11 is 0. The second kappa shape index (κ2) is 4.87. The zero-order valence-electron chi connectivity index (χ0n) is 14.5. The lowest BCUT2D eigenvalue weighted by molar-refractivity contribution is 0.0629. The first kappa shape index (κ1) is 14.6. The second-order valence-corrected chi connectivity index (χ2v) is 8.69. The van der Waals surface area contributed by atoms with Gasteiger partial charge in [-0.05, 0) is 93.4 Å². The van der Waals surface area contributed by atoms with E-state index in [-0.39, 0.29) is 11.4 Å². The van der Waals surface area contributed by atoms with Crippen molar-refractivity contribution in [1.29, 1.82) is 0 Å². The summed E-state index contributed by atoms with van der Waals surface area (Å²) < 4.78 is 6.24. The van der Waals surface area contributed by atoms with Crippen LogP contribution < -0.4 is 0 Å². The van der Waals surface area contributed by atoms with Crippen LogP contribution in [-0.2, 0) is 4.74 Å². The Morgan fingerprint density at radius 1 is 1.04 bits per heavy atom. The van der Waals surface area contributed by atoms with Crippen molar-refractivity contribution in [3.63, 3.8) is 0 Å². The number of nitrogens with zero attached hydrogens (tertiary/aromatic N) is 1. The van der Waals surface area contributed by atoms with E-state index >= 15 is 0 Å². The van der Waals surface area contributed by atoms with Gasteiger partial charge in [0.05, 0.1) is 5.70 Å². The largest absolute Gasteiger partial charge is 0.508 e. The highest BCUT2D eigenvalue weighted by molar-refractivity contribution is 5.97. The minimum atomic E-state index is -0.370. The molecule has 1 aromatic carbocycles. The molecule has 4 aliphatic carbocycles. The number of phenolic OH excluding ortho intramolecular Hbond substituents is 1. The number of hydrogen-bond acceptors (Lipinski definition) is 3. The molecule has 0 amide bonds. The van der Waals surface area contributed by atoms with Crippen molar-refractivity contribution in [2.24, 2.45) is 28.7 Å². The van der Waals surface area contributed by atoms with Crippen molar-refractivity contribution in [3.8, 4) is 5.75 Å². The Morgan fingerprint density at radius 3 is 2.33 bits per heavy atom. The van der Waals surface area contributed by atoms with Crippen molar-refractivity contribution in [2.45, 2.75) is 51.6 Å².